The fraction of sp³-hybridized carbons (Fsp3) is 0.632. The Balaban J connectivity index is 2.04. The second kappa shape index (κ2) is 12.8. The van der Waals surface area contributed by atoms with Gasteiger partial charge >= 0.3 is 0 Å². The number of hydrogen-bond donors (Lipinski definition) is 2. The van der Waals surface area contributed by atoms with Gasteiger partial charge in [-0.1, -0.05) is 31.4 Å². The van der Waals surface area contributed by atoms with Crippen LogP contribution in [0.3, 0.4) is 0 Å². The Bertz CT molecular complexity index is 474. The monoisotopic (exact) mass is 336 g/mol. The zero-order valence-electron chi connectivity index (χ0n) is 15.4. The van der Waals surface area contributed by atoms with E-state index in [1.807, 2.05) is 6.07 Å². The molecular formula is C19H33FN4. The average Bonchev–Trinajstić information content (AvgIpc) is 2.55. The van der Waals surface area contributed by atoms with E-state index in [1.165, 1.54) is 38.3 Å². The summed E-state index contributed by atoms with van der Waals surface area (Å²) in [7, 11) is 6.02. The van der Waals surface area contributed by atoms with Crippen molar-refractivity contribution in [2.45, 2.75) is 38.5 Å². The van der Waals surface area contributed by atoms with Gasteiger partial charge in [0.25, 0.3) is 0 Å². The lowest BCUT2D eigenvalue weighted by Gasteiger charge is -2.12. The Kier molecular flexibility index (Phi) is 10.9. The van der Waals surface area contributed by atoms with Gasteiger partial charge in [0.15, 0.2) is 5.96 Å². The van der Waals surface area contributed by atoms with Crippen LogP contribution < -0.4 is 10.6 Å². The Labute approximate surface area is 146 Å². The highest BCUT2D eigenvalue weighted by atomic mass is 19.1. The smallest absolute Gasteiger partial charge is 0.190 e. The highest BCUT2D eigenvalue weighted by molar-refractivity contribution is 5.79. The van der Waals surface area contributed by atoms with Crippen molar-refractivity contribution in [2.75, 3.05) is 40.8 Å². The summed E-state index contributed by atoms with van der Waals surface area (Å²) in [6, 6.07) is 6.74. The van der Waals surface area contributed by atoms with Crippen molar-refractivity contribution in [3.05, 3.63) is 35.6 Å². The predicted octanol–water partition coefficient (Wildman–Crippen LogP) is 3.05. The zero-order chi connectivity index (χ0) is 17.6. The topological polar surface area (TPSA) is 39.7 Å². The number of rotatable bonds is 11. The van der Waals surface area contributed by atoms with Crippen LogP contribution in [-0.2, 0) is 6.42 Å². The summed E-state index contributed by atoms with van der Waals surface area (Å²) in [5.74, 6) is 0.639. The van der Waals surface area contributed by atoms with E-state index in [0.717, 1.165) is 37.5 Å². The minimum atomic E-state index is -0.180. The van der Waals surface area contributed by atoms with E-state index in [2.05, 4.69) is 34.6 Å². The Morgan fingerprint density at radius 3 is 2.46 bits per heavy atom. The summed E-state index contributed by atoms with van der Waals surface area (Å²) in [4.78, 5) is 6.46. The van der Waals surface area contributed by atoms with Gasteiger partial charge in [-0.25, -0.2) is 4.39 Å². The predicted molar refractivity (Wildman–Crippen MR) is 101 cm³/mol. The molecule has 5 heteroatoms. The van der Waals surface area contributed by atoms with Crippen LogP contribution in [-0.4, -0.2) is 51.6 Å². The Hall–Kier alpha value is -1.62. The molecule has 0 aliphatic rings. The largest absolute Gasteiger partial charge is 0.356 e. The summed E-state index contributed by atoms with van der Waals surface area (Å²) < 4.78 is 13.1. The van der Waals surface area contributed by atoms with Crippen LogP contribution in [0.5, 0.6) is 0 Å². The van der Waals surface area contributed by atoms with Crippen LogP contribution in [0, 0.1) is 5.82 Å². The quantitative estimate of drug-likeness (QED) is 0.371. The molecule has 0 saturated carbocycles. The van der Waals surface area contributed by atoms with Crippen LogP contribution in [0.25, 0.3) is 0 Å². The summed E-state index contributed by atoms with van der Waals surface area (Å²) in [5, 5.41) is 6.60. The van der Waals surface area contributed by atoms with Crippen LogP contribution >= 0.6 is 0 Å². The summed E-state index contributed by atoms with van der Waals surface area (Å²) in [5.41, 5.74) is 0.996. The minimum absolute atomic E-state index is 0.180. The molecule has 0 amide bonds. The summed E-state index contributed by atoms with van der Waals surface area (Å²) in [6.07, 6.45) is 7.07. The third-order valence-electron chi connectivity index (χ3n) is 3.89. The van der Waals surface area contributed by atoms with Crippen molar-refractivity contribution in [3.8, 4) is 0 Å². The van der Waals surface area contributed by atoms with Crippen molar-refractivity contribution in [1.82, 2.24) is 15.5 Å². The van der Waals surface area contributed by atoms with Crippen LogP contribution in [0.15, 0.2) is 29.3 Å². The van der Waals surface area contributed by atoms with Gasteiger partial charge in [-0.05, 0) is 57.6 Å². The number of unbranched alkanes of at least 4 members (excludes halogenated alkanes) is 4. The van der Waals surface area contributed by atoms with Gasteiger partial charge in [0, 0.05) is 20.1 Å². The maximum Gasteiger partial charge on any atom is 0.190 e. The van der Waals surface area contributed by atoms with Gasteiger partial charge in [0.2, 0.25) is 0 Å². The van der Waals surface area contributed by atoms with Crippen molar-refractivity contribution in [3.63, 3.8) is 0 Å². The molecule has 0 aromatic heterocycles. The molecule has 0 bridgehead atoms. The van der Waals surface area contributed by atoms with Crippen LogP contribution in [0.2, 0.25) is 0 Å². The lowest BCUT2D eigenvalue weighted by molar-refractivity contribution is 0.389. The average molecular weight is 336 g/mol. The molecule has 4 nitrogen and oxygen atoms in total. The molecule has 1 aromatic carbocycles. The van der Waals surface area contributed by atoms with E-state index < -0.39 is 0 Å². The molecule has 0 heterocycles. The molecule has 0 spiro atoms. The first kappa shape index (κ1) is 20.4. The van der Waals surface area contributed by atoms with Crippen molar-refractivity contribution < 1.29 is 4.39 Å². The van der Waals surface area contributed by atoms with E-state index in [-0.39, 0.29) is 5.82 Å². The van der Waals surface area contributed by atoms with Crippen LogP contribution in [0.4, 0.5) is 4.39 Å². The SMILES string of the molecule is CN=C(NCCCCCCCN(C)C)NCCc1cccc(F)c1. The van der Waals surface area contributed by atoms with Gasteiger partial charge in [-0.3, -0.25) is 4.99 Å². The molecule has 0 aliphatic heterocycles. The molecule has 136 valence electrons. The molecule has 0 unspecified atom stereocenters. The van der Waals surface area contributed by atoms with Crippen molar-refractivity contribution >= 4 is 5.96 Å². The first-order valence-electron chi connectivity index (χ1n) is 8.95. The van der Waals surface area contributed by atoms with E-state index >= 15 is 0 Å². The number of halogens is 1. The maximum atomic E-state index is 13.1. The lowest BCUT2D eigenvalue weighted by atomic mass is 10.1. The first-order valence-corrected chi connectivity index (χ1v) is 8.95. The molecular weight excluding hydrogens is 303 g/mol. The molecule has 1 rings (SSSR count). The lowest BCUT2D eigenvalue weighted by Crippen LogP contribution is -2.38. The standard InChI is InChI=1S/C19H33FN4/c1-21-19(22-13-7-5-4-6-8-15-24(2)3)23-14-12-17-10-9-11-18(20)16-17/h9-11,16H,4-8,12-15H2,1-3H3,(H2,21,22,23). The fourth-order valence-electron chi connectivity index (χ4n) is 2.53. The van der Waals surface area contributed by atoms with E-state index in [9.17, 15) is 4.39 Å². The van der Waals surface area contributed by atoms with Crippen molar-refractivity contribution in [1.29, 1.82) is 0 Å². The molecule has 1 aromatic rings. The second-order valence-electron chi connectivity index (χ2n) is 6.38. The van der Waals surface area contributed by atoms with Gasteiger partial charge in [-0.2, -0.15) is 0 Å². The van der Waals surface area contributed by atoms with Gasteiger partial charge in [0.1, 0.15) is 5.82 Å². The normalized spacial score (nSPS) is 11.8. The number of guanidine groups is 1. The Morgan fingerprint density at radius 2 is 1.75 bits per heavy atom. The van der Waals surface area contributed by atoms with Gasteiger partial charge < -0.3 is 15.5 Å². The van der Waals surface area contributed by atoms with E-state index in [1.54, 1.807) is 19.2 Å². The number of hydrogen-bond acceptors (Lipinski definition) is 2. The Morgan fingerprint density at radius 1 is 1.04 bits per heavy atom. The fourth-order valence-corrected chi connectivity index (χ4v) is 2.53. The molecule has 2 N–H and O–H groups in total. The van der Waals surface area contributed by atoms with E-state index in [4.69, 9.17) is 0 Å². The van der Waals surface area contributed by atoms with Crippen LogP contribution in [0.1, 0.15) is 37.7 Å². The van der Waals surface area contributed by atoms with Gasteiger partial charge in [0.05, 0.1) is 0 Å². The van der Waals surface area contributed by atoms with E-state index in [0.29, 0.717) is 0 Å². The molecule has 0 radical (unpaired) electrons. The number of nitrogens with one attached hydrogen (secondary N) is 2. The highest BCUT2D eigenvalue weighted by Crippen LogP contribution is 2.04. The summed E-state index contributed by atoms with van der Waals surface area (Å²) in [6.45, 7) is 2.86. The zero-order valence-corrected chi connectivity index (χ0v) is 15.4. The third-order valence-corrected chi connectivity index (χ3v) is 3.89. The molecule has 0 atom stereocenters. The maximum absolute atomic E-state index is 13.1. The molecule has 0 fully saturated rings. The minimum Gasteiger partial charge on any atom is -0.356 e. The summed E-state index contributed by atoms with van der Waals surface area (Å²) >= 11 is 0. The van der Waals surface area contributed by atoms with Gasteiger partial charge in [-0.15, -0.1) is 0 Å². The number of nitrogens with zero attached hydrogens (tertiary/aromatic N) is 2. The molecule has 0 aliphatic carbocycles. The second-order valence-corrected chi connectivity index (χ2v) is 6.38. The third kappa shape index (κ3) is 10.2. The molecule has 24 heavy (non-hydrogen) atoms. The number of benzene rings is 1. The van der Waals surface area contributed by atoms with Crippen molar-refractivity contribution in [2.24, 2.45) is 4.99 Å². The highest BCUT2D eigenvalue weighted by Gasteiger charge is 1.99. The first-order chi connectivity index (χ1) is 11.6. The molecule has 0 saturated heterocycles. The number of aliphatic imine (C=N–C) groups is 1.